The van der Waals surface area contributed by atoms with E-state index in [1.807, 2.05) is 13.8 Å². The van der Waals surface area contributed by atoms with Crippen LogP contribution in [-0.4, -0.2) is 22.6 Å². The fraction of sp³-hybridized carbons (Fsp3) is 0.778. The summed E-state index contributed by atoms with van der Waals surface area (Å²) in [5.74, 6) is -2.54. The third-order valence-corrected chi connectivity index (χ3v) is 2.75. The highest BCUT2D eigenvalue weighted by Crippen LogP contribution is 2.36. The molecule has 1 rings (SSSR count). The standard InChI is InChI=1S/C9H14O4/c1-5(2)9(3)4-6(7(10)11)8(12)13-9/h5-6H,4H2,1-3H3,(H,10,11). The highest BCUT2D eigenvalue weighted by Gasteiger charge is 2.48. The molecular formula is C9H14O4. The number of hydrogen-bond acceptors (Lipinski definition) is 3. The Morgan fingerprint density at radius 3 is 2.46 bits per heavy atom. The molecule has 0 aromatic heterocycles. The second kappa shape index (κ2) is 3.01. The predicted molar refractivity (Wildman–Crippen MR) is 45.1 cm³/mol. The van der Waals surface area contributed by atoms with Crippen LogP contribution in [0.15, 0.2) is 0 Å². The molecule has 1 saturated heterocycles. The summed E-state index contributed by atoms with van der Waals surface area (Å²) in [7, 11) is 0. The molecule has 74 valence electrons. The van der Waals surface area contributed by atoms with E-state index in [1.165, 1.54) is 0 Å². The normalized spacial score (nSPS) is 33.5. The van der Waals surface area contributed by atoms with Gasteiger partial charge in [-0.15, -0.1) is 0 Å². The Bertz CT molecular complexity index is 246. The molecule has 0 amide bonds. The van der Waals surface area contributed by atoms with Gasteiger partial charge in [0, 0.05) is 6.42 Å². The van der Waals surface area contributed by atoms with E-state index in [9.17, 15) is 9.59 Å². The van der Waals surface area contributed by atoms with E-state index in [-0.39, 0.29) is 12.3 Å². The number of cyclic esters (lactones) is 1. The Morgan fingerprint density at radius 1 is 1.69 bits per heavy atom. The number of esters is 1. The zero-order chi connectivity index (χ0) is 10.2. The second-order valence-electron chi connectivity index (χ2n) is 3.98. The van der Waals surface area contributed by atoms with Crippen molar-refractivity contribution in [2.24, 2.45) is 11.8 Å². The topological polar surface area (TPSA) is 63.6 Å². The van der Waals surface area contributed by atoms with Crippen molar-refractivity contribution in [2.75, 3.05) is 0 Å². The van der Waals surface area contributed by atoms with Gasteiger partial charge in [-0.25, -0.2) is 0 Å². The Balaban J connectivity index is 2.81. The first-order valence-corrected chi connectivity index (χ1v) is 4.32. The fourth-order valence-corrected chi connectivity index (χ4v) is 1.37. The average molecular weight is 186 g/mol. The number of carbonyl (C=O) groups excluding carboxylic acids is 1. The molecule has 1 N–H and O–H groups in total. The van der Waals surface area contributed by atoms with Gasteiger partial charge < -0.3 is 9.84 Å². The van der Waals surface area contributed by atoms with Gasteiger partial charge >= 0.3 is 11.9 Å². The quantitative estimate of drug-likeness (QED) is 0.517. The number of aliphatic carboxylic acids is 1. The molecule has 0 radical (unpaired) electrons. The summed E-state index contributed by atoms with van der Waals surface area (Å²) in [6, 6.07) is 0. The van der Waals surface area contributed by atoms with Crippen molar-refractivity contribution in [2.45, 2.75) is 32.8 Å². The average Bonchev–Trinajstić information content (AvgIpc) is 2.28. The van der Waals surface area contributed by atoms with Gasteiger partial charge in [-0.3, -0.25) is 9.59 Å². The Labute approximate surface area is 76.9 Å². The van der Waals surface area contributed by atoms with Gasteiger partial charge in [0.05, 0.1) is 0 Å². The van der Waals surface area contributed by atoms with Gasteiger partial charge in [0.25, 0.3) is 0 Å². The highest BCUT2D eigenvalue weighted by atomic mass is 16.6. The molecular weight excluding hydrogens is 172 g/mol. The molecule has 4 nitrogen and oxygen atoms in total. The predicted octanol–water partition coefficient (Wildman–Crippen LogP) is 1.05. The first-order chi connectivity index (χ1) is 5.87. The lowest BCUT2D eigenvalue weighted by molar-refractivity contribution is -0.156. The van der Waals surface area contributed by atoms with Crippen molar-refractivity contribution >= 4 is 11.9 Å². The molecule has 1 fully saturated rings. The lowest BCUT2D eigenvalue weighted by Gasteiger charge is -2.26. The minimum absolute atomic E-state index is 0.140. The number of carboxylic acid groups (broad SMARTS) is 1. The third kappa shape index (κ3) is 1.66. The molecule has 13 heavy (non-hydrogen) atoms. The van der Waals surface area contributed by atoms with Gasteiger partial charge in [-0.05, 0) is 12.8 Å². The zero-order valence-corrected chi connectivity index (χ0v) is 8.03. The molecule has 0 spiro atoms. The summed E-state index contributed by atoms with van der Waals surface area (Å²) >= 11 is 0. The molecule has 2 atom stereocenters. The van der Waals surface area contributed by atoms with Gasteiger partial charge in [-0.1, -0.05) is 13.8 Å². The maximum atomic E-state index is 11.1. The summed E-state index contributed by atoms with van der Waals surface area (Å²) in [6.45, 7) is 5.60. The summed E-state index contributed by atoms with van der Waals surface area (Å²) in [5, 5.41) is 8.70. The number of carbonyl (C=O) groups is 2. The molecule has 1 aliphatic heterocycles. The van der Waals surface area contributed by atoms with Crippen LogP contribution in [0.2, 0.25) is 0 Å². The van der Waals surface area contributed by atoms with Crippen LogP contribution < -0.4 is 0 Å². The highest BCUT2D eigenvalue weighted by molar-refractivity contribution is 5.95. The van der Waals surface area contributed by atoms with Crippen molar-refractivity contribution in [3.63, 3.8) is 0 Å². The van der Waals surface area contributed by atoms with Crippen molar-refractivity contribution in [1.29, 1.82) is 0 Å². The fourth-order valence-electron chi connectivity index (χ4n) is 1.37. The Hall–Kier alpha value is -1.06. The maximum Gasteiger partial charge on any atom is 0.321 e. The summed E-state index contributed by atoms with van der Waals surface area (Å²) < 4.78 is 5.06. The zero-order valence-electron chi connectivity index (χ0n) is 8.03. The molecule has 0 bridgehead atoms. The molecule has 0 aromatic rings. The van der Waals surface area contributed by atoms with E-state index >= 15 is 0 Å². The Kier molecular flexibility index (Phi) is 2.32. The van der Waals surface area contributed by atoms with Gasteiger partial charge in [-0.2, -0.15) is 0 Å². The Morgan fingerprint density at radius 2 is 2.23 bits per heavy atom. The van der Waals surface area contributed by atoms with Crippen LogP contribution in [-0.2, 0) is 14.3 Å². The van der Waals surface area contributed by atoms with Gasteiger partial charge in [0.1, 0.15) is 5.60 Å². The van der Waals surface area contributed by atoms with E-state index in [0.29, 0.717) is 0 Å². The first kappa shape index (κ1) is 10.0. The third-order valence-electron chi connectivity index (χ3n) is 2.75. The van der Waals surface area contributed by atoms with Crippen LogP contribution in [0.4, 0.5) is 0 Å². The molecule has 2 unspecified atom stereocenters. The summed E-state index contributed by atoms with van der Waals surface area (Å²) in [6.07, 6.45) is 0.277. The molecule has 1 aliphatic rings. The van der Waals surface area contributed by atoms with Crippen LogP contribution in [0.1, 0.15) is 27.2 Å². The molecule has 0 saturated carbocycles. The minimum atomic E-state index is -1.09. The van der Waals surface area contributed by atoms with E-state index in [0.717, 1.165) is 0 Å². The van der Waals surface area contributed by atoms with Crippen LogP contribution in [0.25, 0.3) is 0 Å². The summed E-state index contributed by atoms with van der Waals surface area (Å²) in [4.78, 5) is 21.8. The minimum Gasteiger partial charge on any atom is -0.481 e. The molecule has 1 heterocycles. The monoisotopic (exact) mass is 186 g/mol. The van der Waals surface area contributed by atoms with Crippen LogP contribution in [0, 0.1) is 11.8 Å². The van der Waals surface area contributed by atoms with Crippen molar-refractivity contribution in [3.8, 4) is 0 Å². The SMILES string of the molecule is CC(C)C1(C)CC(C(=O)O)C(=O)O1. The lowest BCUT2D eigenvalue weighted by atomic mass is 9.86. The van der Waals surface area contributed by atoms with Crippen LogP contribution in [0.3, 0.4) is 0 Å². The van der Waals surface area contributed by atoms with E-state index in [4.69, 9.17) is 9.84 Å². The molecule has 0 aromatic carbocycles. The van der Waals surface area contributed by atoms with Crippen LogP contribution in [0.5, 0.6) is 0 Å². The number of rotatable bonds is 2. The molecule has 0 aliphatic carbocycles. The maximum absolute atomic E-state index is 11.1. The van der Waals surface area contributed by atoms with Crippen molar-refractivity contribution in [1.82, 2.24) is 0 Å². The van der Waals surface area contributed by atoms with Crippen molar-refractivity contribution in [3.05, 3.63) is 0 Å². The first-order valence-electron chi connectivity index (χ1n) is 4.32. The van der Waals surface area contributed by atoms with Crippen molar-refractivity contribution < 1.29 is 19.4 Å². The molecule has 4 heteroatoms. The van der Waals surface area contributed by atoms with E-state index in [2.05, 4.69) is 0 Å². The summed E-state index contributed by atoms with van der Waals surface area (Å²) in [5.41, 5.74) is -0.611. The van der Waals surface area contributed by atoms with E-state index in [1.54, 1.807) is 6.92 Å². The van der Waals surface area contributed by atoms with Gasteiger partial charge in [0.15, 0.2) is 5.92 Å². The second-order valence-corrected chi connectivity index (χ2v) is 3.98. The number of ether oxygens (including phenoxy) is 1. The largest absolute Gasteiger partial charge is 0.481 e. The van der Waals surface area contributed by atoms with Crippen LogP contribution >= 0.6 is 0 Å². The number of carboxylic acids is 1. The van der Waals surface area contributed by atoms with E-state index < -0.39 is 23.5 Å². The number of hydrogen-bond donors (Lipinski definition) is 1. The lowest BCUT2D eigenvalue weighted by Crippen LogP contribution is -2.30. The van der Waals surface area contributed by atoms with Gasteiger partial charge in [0.2, 0.25) is 0 Å². The smallest absolute Gasteiger partial charge is 0.321 e.